The minimum absolute atomic E-state index is 0.104. The van der Waals surface area contributed by atoms with Crippen LogP contribution in [0, 0.1) is 0 Å². The number of anilines is 1. The van der Waals surface area contributed by atoms with Crippen LogP contribution in [-0.4, -0.2) is 22.9 Å². The van der Waals surface area contributed by atoms with Gasteiger partial charge in [-0.05, 0) is 38.5 Å². The number of nitrogen functional groups attached to an aromatic ring is 1. The molecule has 2 N–H and O–H groups in total. The smallest absolute Gasteiger partial charge is 0.227 e. The lowest BCUT2D eigenvalue weighted by atomic mass is 10.0. The average molecular weight is 246 g/mol. The maximum Gasteiger partial charge on any atom is 0.227 e. The molecule has 1 aromatic rings. The van der Waals surface area contributed by atoms with E-state index >= 15 is 0 Å². The van der Waals surface area contributed by atoms with Gasteiger partial charge >= 0.3 is 0 Å². The number of benzene rings is 1. The van der Waals surface area contributed by atoms with E-state index in [0.29, 0.717) is 18.7 Å². The summed E-state index contributed by atoms with van der Waals surface area (Å²) in [5.41, 5.74) is 7.12. The van der Waals surface area contributed by atoms with E-state index in [4.69, 9.17) is 5.73 Å². The van der Waals surface area contributed by atoms with Crippen LogP contribution >= 0.6 is 0 Å². The van der Waals surface area contributed by atoms with Crippen molar-refractivity contribution in [3.05, 3.63) is 42.5 Å². The average Bonchev–Trinajstić information content (AvgIpc) is 2.27. The third-order valence-corrected chi connectivity index (χ3v) is 2.76. The maximum absolute atomic E-state index is 12.3. The summed E-state index contributed by atoms with van der Waals surface area (Å²) in [4.78, 5) is 14.1. The largest absolute Gasteiger partial charge is 0.399 e. The van der Waals surface area contributed by atoms with Crippen LogP contribution in [0.5, 0.6) is 0 Å². The second-order valence-electron chi connectivity index (χ2n) is 5.38. The molecular weight excluding hydrogens is 224 g/mol. The molecule has 0 spiro atoms. The zero-order chi connectivity index (χ0) is 13.8. The fourth-order valence-corrected chi connectivity index (χ4v) is 1.78. The van der Waals surface area contributed by atoms with Gasteiger partial charge in [-0.3, -0.25) is 4.79 Å². The minimum Gasteiger partial charge on any atom is -0.399 e. The zero-order valence-electron chi connectivity index (χ0n) is 11.4. The normalized spacial score (nSPS) is 11.1. The van der Waals surface area contributed by atoms with Crippen molar-refractivity contribution in [3.63, 3.8) is 0 Å². The van der Waals surface area contributed by atoms with Gasteiger partial charge in [-0.25, -0.2) is 0 Å². The first-order valence-electron chi connectivity index (χ1n) is 6.10. The third-order valence-electron chi connectivity index (χ3n) is 2.76. The molecule has 0 aliphatic carbocycles. The molecule has 0 aliphatic rings. The molecule has 18 heavy (non-hydrogen) atoms. The van der Waals surface area contributed by atoms with Crippen molar-refractivity contribution in [2.45, 2.75) is 32.7 Å². The Bertz CT molecular complexity index is 415. The molecule has 0 radical (unpaired) electrons. The summed E-state index contributed by atoms with van der Waals surface area (Å²) in [6.45, 7) is 10.3. The van der Waals surface area contributed by atoms with Crippen LogP contribution in [0.15, 0.2) is 36.9 Å². The Morgan fingerprint density at radius 1 is 1.33 bits per heavy atom. The van der Waals surface area contributed by atoms with Crippen molar-refractivity contribution in [3.8, 4) is 0 Å². The van der Waals surface area contributed by atoms with E-state index in [-0.39, 0.29) is 11.4 Å². The van der Waals surface area contributed by atoms with Gasteiger partial charge in [0.1, 0.15) is 0 Å². The van der Waals surface area contributed by atoms with Gasteiger partial charge in [0.05, 0.1) is 6.42 Å². The van der Waals surface area contributed by atoms with E-state index in [1.54, 1.807) is 6.08 Å². The number of nitrogens with zero attached hydrogens (tertiary/aromatic N) is 1. The van der Waals surface area contributed by atoms with Crippen LogP contribution in [0.2, 0.25) is 0 Å². The van der Waals surface area contributed by atoms with E-state index in [0.717, 1.165) is 5.56 Å². The SMILES string of the molecule is C=CCN(C(=O)Cc1ccc(N)cc1)C(C)(C)C. The molecule has 0 unspecified atom stereocenters. The second kappa shape index (κ2) is 5.71. The van der Waals surface area contributed by atoms with E-state index in [9.17, 15) is 4.79 Å². The molecule has 1 aromatic carbocycles. The number of rotatable bonds is 4. The van der Waals surface area contributed by atoms with Gasteiger partial charge in [0.15, 0.2) is 0 Å². The molecule has 0 fully saturated rings. The van der Waals surface area contributed by atoms with Crippen LogP contribution in [0.25, 0.3) is 0 Å². The molecule has 0 saturated heterocycles. The number of hydrogen-bond donors (Lipinski definition) is 1. The summed E-state index contributed by atoms with van der Waals surface area (Å²) in [7, 11) is 0. The fourth-order valence-electron chi connectivity index (χ4n) is 1.78. The van der Waals surface area contributed by atoms with Gasteiger partial charge in [-0.2, -0.15) is 0 Å². The van der Waals surface area contributed by atoms with Crippen LogP contribution in [0.1, 0.15) is 26.3 Å². The molecule has 3 nitrogen and oxygen atoms in total. The van der Waals surface area contributed by atoms with Crippen LogP contribution in [-0.2, 0) is 11.2 Å². The first-order chi connectivity index (χ1) is 8.34. The first-order valence-corrected chi connectivity index (χ1v) is 6.10. The number of hydrogen-bond acceptors (Lipinski definition) is 2. The van der Waals surface area contributed by atoms with E-state index in [2.05, 4.69) is 6.58 Å². The Hall–Kier alpha value is -1.77. The van der Waals surface area contributed by atoms with Crippen LogP contribution in [0.4, 0.5) is 5.69 Å². The van der Waals surface area contributed by atoms with Crippen LogP contribution in [0.3, 0.4) is 0 Å². The van der Waals surface area contributed by atoms with Crippen molar-refractivity contribution in [2.24, 2.45) is 0 Å². The van der Waals surface area contributed by atoms with Gasteiger partial charge < -0.3 is 10.6 Å². The summed E-state index contributed by atoms with van der Waals surface area (Å²) < 4.78 is 0. The molecular formula is C15H22N2O. The monoisotopic (exact) mass is 246 g/mol. The molecule has 1 rings (SSSR count). The zero-order valence-corrected chi connectivity index (χ0v) is 11.4. The highest BCUT2D eigenvalue weighted by molar-refractivity contribution is 5.79. The van der Waals surface area contributed by atoms with E-state index in [1.807, 2.05) is 49.9 Å². The molecule has 0 atom stereocenters. The molecule has 0 saturated carbocycles. The topological polar surface area (TPSA) is 46.3 Å². The van der Waals surface area contributed by atoms with Crippen molar-refractivity contribution < 1.29 is 4.79 Å². The highest BCUT2D eigenvalue weighted by Gasteiger charge is 2.24. The Kier molecular flexibility index (Phi) is 4.54. The van der Waals surface area contributed by atoms with Crippen LogP contribution < -0.4 is 5.73 Å². The first kappa shape index (κ1) is 14.3. The fraction of sp³-hybridized carbons (Fsp3) is 0.400. The van der Waals surface area contributed by atoms with Gasteiger partial charge in [0, 0.05) is 17.8 Å². The predicted octanol–water partition coefficient (Wildman–Crippen LogP) is 2.62. The lowest BCUT2D eigenvalue weighted by molar-refractivity contribution is -0.134. The maximum atomic E-state index is 12.3. The summed E-state index contributed by atoms with van der Waals surface area (Å²) in [5, 5.41) is 0. The summed E-state index contributed by atoms with van der Waals surface area (Å²) in [6, 6.07) is 7.42. The third kappa shape index (κ3) is 3.91. The second-order valence-corrected chi connectivity index (χ2v) is 5.38. The van der Waals surface area contributed by atoms with Gasteiger partial charge in [-0.15, -0.1) is 6.58 Å². The molecule has 0 aromatic heterocycles. The Balaban J connectivity index is 2.79. The molecule has 0 aliphatic heterocycles. The standard InChI is InChI=1S/C15H22N2O/c1-5-10-17(15(2,3)4)14(18)11-12-6-8-13(16)9-7-12/h5-9H,1,10-11,16H2,2-4H3. The summed E-state index contributed by atoms with van der Waals surface area (Å²) >= 11 is 0. The van der Waals surface area contributed by atoms with Crippen molar-refractivity contribution in [2.75, 3.05) is 12.3 Å². The number of nitrogens with two attached hydrogens (primary N) is 1. The minimum atomic E-state index is -0.195. The predicted molar refractivity (Wildman–Crippen MR) is 76.2 cm³/mol. The van der Waals surface area contributed by atoms with Crippen molar-refractivity contribution in [1.29, 1.82) is 0 Å². The van der Waals surface area contributed by atoms with Gasteiger partial charge in [0.2, 0.25) is 5.91 Å². The summed E-state index contributed by atoms with van der Waals surface area (Å²) in [5.74, 6) is 0.104. The Morgan fingerprint density at radius 3 is 2.33 bits per heavy atom. The van der Waals surface area contributed by atoms with E-state index < -0.39 is 0 Å². The highest BCUT2D eigenvalue weighted by Crippen LogP contribution is 2.16. The molecule has 98 valence electrons. The highest BCUT2D eigenvalue weighted by atomic mass is 16.2. The van der Waals surface area contributed by atoms with Gasteiger partial charge in [0.25, 0.3) is 0 Å². The van der Waals surface area contributed by atoms with Crippen molar-refractivity contribution >= 4 is 11.6 Å². The Labute approximate surface area is 109 Å². The number of amides is 1. The Morgan fingerprint density at radius 2 is 1.89 bits per heavy atom. The quantitative estimate of drug-likeness (QED) is 0.655. The lowest BCUT2D eigenvalue weighted by Gasteiger charge is -2.35. The molecule has 0 heterocycles. The molecule has 0 bridgehead atoms. The van der Waals surface area contributed by atoms with Gasteiger partial charge in [-0.1, -0.05) is 18.2 Å². The number of carbonyl (C=O) groups is 1. The van der Waals surface area contributed by atoms with E-state index in [1.165, 1.54) is 0 Å². The lowest BCUT2D eigenvalue weighted by Crippen LogP contribution is -2.46. The molecule has 3 heteroatoms. The van der Waals surface area contributed by atoms with Crippen molar-refractivity contribution in [1.82, 2.24) is 4.90 Å². The summed E-state index contributed by atoms with van der Waals surface area (Å²) in [6.07, 6.45) is 2.15. The number of carbonyl (C=O) groups excluding carboxylic acids is 1. The molecule has 1 amide bonds.